The zero-order valence-corrected chi connectivity index (χ0v) is 13.5. The Morgan fingerprint density at radius 1 is 1.32 bits per heavy atom. The van der Waals surface area contributed by atoms with Gasteiger partial charge in [-0.15, -0.1) is 0 Å². The minimum atomic E-state index is -0.280. The fraction of sp³-hybridized carbons (Fsp3) is 0.812. The van der Waals surface area contributed by atoms with Crippen molar-refractivity contribution in [1.82, 2.24) is 19.6 Å². The van der Waals surface area contributed by atoms with Crippen LogP contribution in [0.15, 0.2) is 12.4 Å². The van der Waals surface area contributed by atoms with Crippen molar-refractivity contribution in [2.24, 2.45) is 0 Å². The van der Waals surface area contributed by atoms with Gasteiger partial charge in [0.1, 0.15) is 0 Å². The van der Waals surface area contributed by atoms with Crippen LogP contribution in [-0.4, -0.2) is 82.8 Å². The molecule has 2 atom stereocenters. The first-order valence-corrected chi connectivity index (χ1v) is 8.42. The predicted octanol–water partition coefficient (Wildman–Crippen LogP) is 0.349. The molecule has 0 aliphatic carbocycles. The lowest BCUT2D eigenvalue weighted by Crippen LogP contribution is -2.46. The van der Waals surface area contributed by atoms with Gasteiger partial charge in [0, 0.05) is 38.4 Å². The summed E-state index contributed by atoms with van der Waals surface area (Å²) in [7, 11) is 0. The highest BCUT2D eigenvalue weighted by Crippen LogP contribution is 2.19. The van der Waals surface area contributed by atoms with Gasteiger partial charge in [0.05, 0.1) is 32.1 Å². The lowest BCUT2D eigenvalue weighted by Gasteiger charge is -2.31. The van der Waals surface area contributed by atoms with E-state index in [9.17, 15) is 5.11 Å². The Hall–Kier alpha value is -0.950. The number of aromatic nitrogens is 2. The van der Waals surface area contributed by atoms with Gasteiger partial charge in [-0.1, -0.05) is 0 Å². The van der Waals surface area contributed by atoms with E-state index in [-0.39, 0.29) is 6.10 Å². The summed E-state index contributed by atoms with van der Waals surface area (Å²) >= 11 is 0. The van der Waals surface area contributed by atoms with E-state index >= 15 is 0 Å². The lowest BCUT2D eigenvalue weighted by molar-refractivity contribution is 0.00531. The zero-order valence-electron chi connectivity index (χ0n) is 13.5. The quantitative estimate of drug-likeness (QED) is 0.822. The number of morpholine rings is 1. The van der Waals surface area contributed by atoms with E-state index in [0.717, 1.165) is 52.5 Å². The molecule has 6 heteroatoms. The summed E-state index contributed by atoms with van der Waals surface area (Å²) in [6.07, 6.45) is 6.14. The van der Waals surface area contributed by atoms with Crippen molar-refractivity contribution in [2.75, 3.05) is 45.9 Å². The van der Waals surface area contributed by atoms with Crippen molar-refractivity contribution in [3.8, 4) is 0 Å². The highest BCUT2D eigenvalue weighted by atomic mass is 16.5. The third-order valence-corrected chi connectivity index (χ3v) is 4.68. The summed E-state index contributed by atoms with van der Waals surface area (Å²) < 4.78 is 7.39. The van der Waals surface area contributed by atoms with Gasteiger partial charge in [-0.25, -0.2) is 0 Å². The number of hydrogen-bond donors (Lipinski definition) is 1. The molecule has 0 bridgehead atoms. The molecule has 22 heavy (non-hydrogen) atoms. The molecule has 0 saturated carbocycles. The molecule has 2 aliphatic rings. The monoisotopic (exact) mass is 308 g/mol. The largest absolute Gasteiger partial charge is 0.390 e. The van der Waals surface area contributed by atoms with Crippen LogP contribution < -0.4 is 0 Å². The Balaban J connectivity index is 1.47. The fourth-order valence-electron chi connectivity index (χ4n) is 3.54. The first kappa shape index (κ1) is 15.9. The highest BCUT2D eigenvalue weighted by Gasteiger charge is 2.27. The molecule has 3 heterocycles. The number of aliphatic hydroxyl groups is 1. The SMILES string of the molecule is Cc1cnn(C[C@H]2CCCN2C[C@H](O)CN2CCOCC2)c1. The van der Waals surface area contributed by atoms with E-state index in [0.29, 0.717) is 6.04 Å². The maximum absolute atomic E-state index is 10.4. The van der Waals surface area contributed by atoms with Gasteiger partial charge in [-0.2, -0.15) is 5.10 Å². The summed E-state index contributed by atoms with van der Waals surface area (Å²) in [5.41, 5.74) is 1.21. The molecular formula is C16H28N4O2. The zero-order chi connectivity index (χ0) is 15.4. The number of aryl methyl sites for hydroxylation is 1. The van der Waals surface area contributed by atoms with Crippen LogP contribution in [-0.2, 0) is 11.3 Å². The molecule has 0 amide bonds. The normalized spacial score (nSPS) is 25.6. The minimum absolute atomic E-state index is 0.280. The third kappa shape index (κ3) is 4.29. The molecule has 0 unspecified atom stereocenters. The van der Waals surface area contributed by atoms with Gasteiger partial charge in [0.2, 0.25) is 0 Å². The standard InChI is InChI=1S/C16H28N4O2/c1-14-9-17-20(10-14)11-15-3-2-4-19(15)13-16(21)12-18-5-7-22-8-6-18/h9-10,15-16,21H,2-8,11-13H2,1H3/t15-,16-/m1/s1. The molecule has 1 aromatic heterocycles. The Morgan fingerprint density at radius 3 is 2.86 bits per heavy atom. The smallest absolute Gasteiger partial charge is 0.0793 e. The van der Waals surface area contributed by atoms with E-state index in [1.54, 1.807) is 0 Å². The van der Waals surface area contributed by atoms with Crippen LogP contribution in [0.3, 0.4) is 0 Å². The van der Waals surface area contributed by atoms with Crippen molar-refractivity contribution in [3.05, 3.63) is 18.0 Å². The van der Waals surface area contributed by atoms with Gasteiger partial charge in [-0.3, -0.25) is 14.5 Å². The molecule has 2 aliphatic heterocycles. The molecule has 2 saturated heterocycles. The number of aliphatic hydroxyl groups excluding tert-OH is 1. The first-order chi connectivity index (χ1) is 10.7. The maximum atomic E-state index is 10.4. The number of nitrogens with zero attached hydrogens (tertiary/aromatic N) is 4. The topological polar surface area (TPSA) is 53.8 Å². The van der Waals surface area contributed by atoms with E-state index in [2.05, 4.69) is 28.0 Å². The average Bonchev–Trinajstić information content (AvgIpc) is 3.10. The predicted molar refractivity (Wildman–Crippen MR) is 84.8 cm³/mol. The van der Waals surface area contributed by atoms with Gasteiger partial charge < -0.3 is 9.84 Å². The van der Waals surface area contributed by atoms with Crippen LogP contribution in [0.1, 0.15) is 18.4 Å². The third-order valence-electron chi connectivity index (χ3n) is 4.68. The van der Waals surface area contributed by atoms with E-state index in [1.807, 2.05) is 10.9 Å². The van der Waals surface area contributed by atoms with Crippen LogP contribution >= 0.6 is 0 Å². The Labute approximate surface area is 132 Å². The second-order valence-corrected chi connectivity index (χ2v) is 6.60. The van der Waals surface area contributed by atoms with Crippen molar-refractivity contribution in [2.45, 2.75) is 38.5 Å². The molecule has 124 valence electrons. The van der Waals surface area contributed by atoms with E-state index in [4.69, 9.17) is 4.74 Å². The number of likely N-dealkylation sites (tertiary alicyclic amines) is 1. The summed E-state index contributed by atoms with van der Waals surface area (Å²) in [6, 6.07) is 0.499. The molecule has 1 aromatic rings. The second-order valence-electron chi connectivity index (χ2n) is 6.60. The number of rotatable bonds is 6. The van der Waals surface area contributed by atoms with Crippen LogP contribution in [0, 0.1) is 6.92 Å². The first-order valence-electron chi connectivity index (χ1n) is 8.42. The molecule has 0 spiro atoms. The van der Waals surface area contributed by atoms with Crippen molar-refractivity contribution < 1.29 is 9.84 Å². The van der Waals surface area contributed by atoms with E-state index in [1.165, 1.54) is 18.4 Å². The summed E-state index contributed by atoms with van der Waals surface area (Å²) in [6.45, 7) is 9.07. The minimum Gasteiger partial charge on any atom is -0.390 e. The number of hydrogen-bond acceptors (Lipinski definition) is 5. The van der Waals surface area contributed by atoms with Gasteiger partial charge in [-0.05, 0) is 31.9 Å². The molecule has 0 radical (unpaired) electrons. The molecule has 3 rings (SSSR count). The summed E-state index contributed by atoms with van der Waals surface area (Å²) in [5, 5.41) is 14.8. The number of ether oxygens (including phenoxy) is 1. The Morgan fingerprint density at radius 2 is 2.14 bits per heavy atom. The van der Waals surface area contributed by atoms with Crippen molar-refractivity contribution in [3.63, 3.8) is 0 Å². The van der Waals surface area contributed by atoms with Crippen LogP contribution in [0.25, 0.3) is 0 Å². The van der Waals surface area contributed by atoms with Crippen LogP contribution in [0.5, 0.6) is 0 Å². The summed E-state index contributed by atoms with van der Waals surface area (Å²) in [4.78, 5) is 4.73. The van der Waals surface area contributed by atoms with Crippen LogP contribution in [0.2, 0.25) is 0 Å². The lowest BCUT2D eigenvalue weighted by atomic mass is 10.2. The van der Waals surface area contributed by atoms with Crippen molar-refractivity contribution >= 4 is 0 Å². The van der Waals surface area contributed by atoms with Gasteiger partial charge in [0.15, 0.2) is 0 Å². The van der Waals surface area contributed by atoms with E-state index < -0.39 is 0 Å². The average molecular weight is 308 g/mol. The van der Waals surface area contributed by atoms with Crippen molar-refractivity contribution in [1.29, 1.82) is 0 Å². The second kappa shape index (κ2) is 7.55. The molecule has 2 fully saturated rings. The highest BCUT2D eigenvalue weighted by molar-refractivity contribution is 4.99. The van der Waals surface area contributed by atoms with Gasteiger partial charge >= 0.3 is 0 Å². The summed E-state index contributed by atoms with van der Waals surface area (Å²) in [5.74, 6) is 0. The van der Waals surface area contributed by atoms with Gasteiger partial charge in [0.25, 0.3) is 0 Å². The molecule has 1 N–H and O–H groups in total. The maximum Gasteiger partial charge on any atom is 0.0793 e. The Bertz CT molecular complexity index is 459. The fourth-order valence-corrected chi connectivity index (χ4v) is 3.54. The Kier molecular flexibility index (Phi) is 5.46. The number of β-amino-alcohol motifs (C(OH)–C–C–N with tert-alkyl or cyclic N) is 1. The molecule has 0 aromatic carbocycles. The molecule has 6 nitrogen and oxygen atoms in total. The van der Waals surface area contributed by atoms with Crippen LogP contribution in [0.4, 0.5) is 0 Å². The molecular weight excluding hydrogens is 280 g/mol.